The lowest BCUT2D eigenvalue weighted by Crippen LogP contribution is -2.06. The maximum atomic E-state index is 8.84. The van der Waals surface area contributed by atoms with Crippen molar-refractivity contribution in [3.63, 3.8) is 0 Å². The number of ether oxygens (including phenoxy) is 2. The van der Waals surface area contributed by atoms with E-state index in [0.29, 0.717) is 36.0 Å². The number of nitrogens with zero attached hydrogens (tertiary/aromatic N) is 1. The SMILES string of the molecule is COc1cc(N)c2c(NCCCO)nccc2c1OC. The molecule has 6 nitrogen and oxygen atoms in total. The van der Waals surface area contributed by atoms with E-state index in [0.717, 1.165) is 10.8 Å². The van der Waals surface area contributed by atoms with Gasteiger partial charge in [0.25, 0.3) is 0 Å². The van der Waals surface area contributed by atoms with Crippen LogP contribution in [0.3, 0.4) is 0 Å². The third kappa shape index (κ3) is 2.55. The summed E-state index contributed by atoms with van der Waals surface area (Å²) in [6, 6.07) is 3.56. The summed E-state index contributed by atoms with van der Waals surface area (Å²) in [7, 11) is 3.16. The van der Waals surface area contributed by atoms with Crippen LogP contribution in [0.15, 0.2) is 18.3 Å². The minimum absolute atomic E-state index is 0.129. The first-order chi connectivity index (χ1) is 9.72. The van der Waals surface area contributed by atoms with Crippen LogP contribution in [0, 0.1) is 0 Å². The fraction of sp³-hybridized carbons (Fsp3) is 0.357. The van der Waals surface area contributed by atoms with E-state index < -0.39 is 0 Å². The summed E-state index contributed by atoms with van der Waals surface area (Å²) in [5.41, 5.74) is 6.66. The zero-order chi connectivity index (χ0) is 14.5. The van der Waals surface area contributed by atoms with Crippen LogP contribution in [-0.4, -0.2) is 37.5 Å². The molecule has 0 unspecified atom stereocenters. The molecular weight excluding hydrogens is 258 g/mol. The van der Waals surface area contributed by atoms with Crippen molar-refractivity contribution in [2.75, 3.05) is 38.4 Å². The molecular formula is C14H19N3O3. The number of benzene rings is 1. The molecule has 1 heterocycles. The average molecular weight is 277 g/mol. The smallest absolute Gasteiger partial charge is 0.168 e. The number of anilines is 2. The van der Waals surface area contributed by atoms with E-state index in [1.165, 1.54) is 0 Å². The molecule has 1 aromatic carbocycles. The summed E-state index contributed by atoms with van der Waals surface area (Å²) in [6.07, 6.45) is 2.33. The van der Waals surface area contributed by atoms with Crippen molar-refractivity contribution in [2.24, 2.45) is 0 Å². The van der Waals surface area contributed by atoms with Gasteiger partial charge < -0.3 is 25.6 Å². The number of pyridine rings is 1. The molecule has 0 amide bonds. The van der Waals surface area contributed by atoms with Crippen molar-refractivity contribution in [1.29, 1.82) is 0 Å². The van der Waals surface area contributed by atoms with Gasteiger partial charge in [-0.15, -0.1) is 0 Å². The Labute approximate surface area is 117 Å². The topological polar surface area (TPSA) is 89.6 Å². The molecule has 1 aromatic heterocycles. The monoisotopic (exact) mass is 277 g/mol. The molecule has 0 radical (unpaired) electrons. The Balaban J connectivity index is 2.56. The molecule has 0 spiro atoms. The normalized spacial score (nSPS) is 10.6. The third-order valence-corrected chi connectivity index (χ3v) is 3.05. The number of hydrogen-bond donors (Lipinski definition) is 3. The molecule has 20 heavy (non-hydrogen) atoms. The first kappa shape index (κ1) is 14.2. The van der Waals surface area contributed by atoms with Gasteiger partial charge in [-0.3, -0.25) is 0 Å². The summed E-state index contributed by atoms with van der Waals surface area (Å²) in [4.78, 5) is 4.30. The quantitative estimate of drug-likeness (QED) is 0.549. The number of fused-ring (bicyclic) bond motifs is 1. The van der Waals surface area contributed by atoms with Crippen molar-refractivity contribution in [1.82, 2.24) is 4.98 Å². The van der Waals surface area contributed by atoms with Gasteiger partial charge in [-0.2, -0.15) is 0 Å². The number of aliphatic hydroxyl groups is 1. The summed E-state index contributed by atoms with van der Waals surface area (Å²) >= 11 is 0. The molecule has 0 saturated carbocycles. The van der Waals surface area contributed by atoms with Crippen LogP contribution >= 0.6 is 0 Å². The second-order valence-electron chi connectivity index (χ2n) is 4.29. The van der Waals surface area contributed by atoms with Crippen molar-refractivity contribution in [3.8, 4) is 11.5 Å². The first-order valence-electron chi connectivity index (χ1n) is 6.36. The van der Waals surface area contributed by atoms with Gasteiger partial charge in [0.1, 0.15) is 5.82 Å². The second kappa shape index (κ2) is 6.29. The van der Waals surface area contributed by atoms with Crippen molar-refractivity contribution in [2.45, 2.75) is 6.42 Å². The number of hydrogen-bond acceptors (Lipinski definition) is 6. The number of rotatable bonds is 6. The largest absolute Gasteiger partial charge is 0.493 e. The number of nitrogens with two attached hydrogens (primary N) is 1. The Bertz CT molecular complexity index is 602. The van der Waals surface area contributed by atoms with Crippen LogP contribution < -0.4 is 20.5 Å². The fourth-order valence-electron chi connectivity index (χ4n) is 2.14. The summed E-state index contributed by atoms with van der Waals surface area (Å²) < 4.78 is 10.7. The molecule has 4 N–H and O–H groups in total. The van der Waals surface area contributed by atoms with E-state index >= 15 is 0 Å². The second-order valence-corrected chi connectivity index (χ2v) is 4.29. The van der Waals surface area contributed by atoms with Gasteiger partial charge in [0, 0.05) is 36.5 Å². The summed E-state index contributed by atoms with van der Waals surface area (Å²) in [5, 5.41) is 13.6. The lowest BCUT2D eigenvalue weighted by atomic mass is 10.1. The van der Waals surface area contributed by atoms with E-state index in [4.69, 9.17) is 20.3 Å². The van der Waals surface area contributed by atoms with E-state index in [2.05, 4.69) is 10.3 Å². The van der Waals surface area contributed by atoms with Crippen LogP contribution in [0.2, 0.25) is 0 Å². The van der Waals surface area contributed by atoms with Gasteiger partial charge in [-0.05, 0) is 12.5 Å². The van der Waals surface area contributed by atoms with Crippen LogP contribution in [0.4, 0.5) is 11.5 Å². The highest BCUT2D eigenvalue weighted by molar-refractivity contribution is 6.05. The van der Waals surface area contributed by atoms with Gasteiger partial charge in [0.2, 0.25) is 0 Å². The van der Waals surface area contributed by atoms with Gasteiger partial charge in [-0.25, -0.2) is 4.98 Å². The standard InChI is InChI=1S/C14H19N3O3/c1-19-11-8-10(15)12-9(13(11)20-2)4-6-17-14(12)16-5-3-7-18/h4,6,8,18H,3,5,7,15H2,1-2H3,(H,16,17). The predicted octanol–water partition coefficient (Wildman–Crippen LogP) is 1.63. The van der Waals surface area contributed by atoms with E-state index in [-0.39, 0.29) is 6.61 Å². The van der Waals surface area contributed by atoms with E-state index in [1.54, 1.807) is 26.5 Å². The summed E-state index contributed by atoms with van der Waals surface area (Å²) in [5.74, 6) is 1.89. The number of nitrogens with one attached hydrogen (secondary N) is 1. The Morgan fingerprint density at radius 3 is 2.80 bits per heavy atom. The number of nitrogen functional groups attached to an aromatic ring is 1. The van der Waals surface area contributed by atoms with Crippen LogP contribution in [0.5, 0.6) is 11.5 Å². The maximum absolute atomic E-state index is 8.84. The molecule has 0 aliphatic rings. The van der Waals surface area contributed by atoms with Crippen molar-refractivity contribution < 1.29 is 14.6 Å². The Kier molecular flexibility index (Phi) is 4.47. The molecule has 108 valence electrons. The molecule has 2 aromatic rings. The highest BCUT2D eigenvalue weighted by Gasteiger charge is 2.15. The van der Waals surface area contributed by atoms with Gasteiger partial charge >= 0.3 is 0 Å². The minimum Gasteiger partial charge on any atom is -0.493 e. The predicted molar refractivity (Wildman–Crippen MR) is 79.5 cm³/mol. The minimum atomic E-state index is 0.129. The van der Waals surface area contributed by atoms with E-state index in [1.807, 2.05) is 6.07 Å². The highest BCUT2D eigenvalue weighted by atomic mass is 16.5. The zero-order valence-electron chi connectivity index (χ0n) is 11.6. The van der Waals surface area contributed by atoms with Crippen LogP contribution in [0.25, 0.3) is 10.8 Å². The Morgan fingerprint density at radius 1 is 1.35 bits per heavy atom. The maximum Gasteiger partial charge on any atom is 0.168 e. The lowest BCUT2D eigenvalue weighted by Gasteiger charge is -2.15. The van der Waals surface area contributed by atoms with Crippen LogP contribution in [-0.2, 0) is 0 Å². The summed E-state index contributed by atoms with van der Waals surface area (Å²) in [6.45, 7) is 0.751. The Hall–Kier alpha value is -2.21. The molecule has 0 fully saturated rings. The van der Waals surface area contributed by atoms with Crippen molar-refractivity contribution in [3.05, 3.63) is 18.3 Å². The number of methoxy groups -OCH3 is 2. The first-order valence-corrected chi connectivity index (χ1v) is 6.36. The van der Waals surface area contributed by atoms with Crippen LogP contribution in [0.1, 0.15) is 6.42 Å². The number of aromatic nitrogens is 1. The van der Waals surface area contributed by atoms with Gasteiger partial charge in [0.15, 0.2) is 11.5 Å². The molecule has 6 heteroatoms. The Morgan fingerprint density at radius 2 is 2.15 bits per heavy atom. The molecule has 0 aliphatic carbocycles. The molecule has 0 saturated heterocycles. The molecule has 2 rings (SSSR count). The third-order valence-electron chi connectivity index (χ3n) is 3.05. The lowest BCUT2D eigenvalue weighted by molar-refractivity contribution is 0.292. The van der Waals surface area contributed by atoms with E-state index in [9.17, 15) is 0 Å². The van der Waals surface area contributed by atoms with Gasteiger partial charge in [-0.1, -0.05) is 0 Å². The zero-order valence-corrected chi connectivity index (χ0v) is 11.6. The molecule has 0 aliphatic heterocycles. The fourth-order valence-corrected chi connectivity index (χ4v) is 2.14. The van der Waals surface area contributed by atoms with Gasteiger partial charge in [0.05, 0.1) is 19.6 Å². The van der Waals surface area contributed by atoms with Crippen molar-refractivity contribution >= 4 is 22.3 Å². The molecule has 0 atom stereocenters. The average Bonchev–Trinajstić information content (AvgIpc) is 2.47. The highest BCUT2D eigenvalue weighted by Crippen LogP contribution is 2.41. The number of aliphatic hydroxyl groups excluding tert-OH is 1. The molecule has 0 bridgehead atoms.